The Morgan fingerprint density at radius 1 is 1.10 bits per heavy atom. The minimum absolute atomic E-state index is 0.00284. The number of anilines is 1. The van der Waals surface area contributed by atoms with Gasteiger partial charge in [0.25, 0.3) is 0 Å². The number of fused-ring (bicyclic) bond motifs is 1. The van der Waals surface area contributed by atoms with Gasteiger partial charge in [-0.2, -0.15) is 0 Å². The second-order valence-electron chi connectivity index (χ2n) is 7.08. The van der Waals surface area contributed by atoms with Gasteiger partial charge in [-0.1, -0.05) is 31.2 Å². The van der Waals surface area contributed by atoms with Gasteiger partial charge in [-0.05, 0) is 48.6 Å². The van der Waals surface area contributed by atoms with Crippen molar-refractivity contribution in [2.45, 2.75) is 45.2 Å². The molecule has 1 aliphatic heterocycles. The second-order valence-corrected chi connectivity index (χ2v) is 7.08. The number of amides is 2. The Labute approximate surface area is 171 Å². The summed E-state index contributed by atoms with van der Waals surface area (Å²) in [7, 11) is 3.16. The van der Waals surface area contributed by atoms with E-state index in [9.17, 15) is 9.59 Å². The van der Waals surface area contributed by atoms with Crippen molar-refractivity contribution in [2.24, 2.45) is 0 Å². The summed E-state index contributed by atoms with van der Waals surface area (Å²) in [6, 6.07) is 12.9. The molecule has 1 N–H and O–H groups in total. The monoisotopic (exact) mass is 396 g/mol. The summed E-state index contributed by atoms with van der Waals surface area (Å²) in [6.45, 7) is 2.28. The minimum atomic E-state index is -0.540. The van der Waals surface area contributed by atoms with E-state index in [-0.39, 0.29) is 11.8 Å². The number of benzene rings is 2. The average Bonchev–Trinajstić information content (AvgIpc) is 2.91. The lowest BCUT2D eigenvalue weighted by molar-refractivity contribution is -0.126. The Morgan fingerprint density at radius 2 is 1.86 bits per heavy atom. The van der Waals surface area contributed by atoms with Crippen molar-refractivity contribution in [3.63, 3.8) is 0 Å². The lowest BCUT2D eigenvalue weighted by Crippen LogP contribution is -2.49. The van der Waals surface area contributed by atoms with Crippen molar-refractivity contribution >= 4 is 17.5 Å². The molecule has 3 rings (SSSR count). The molecule has 2 aromatic rings. The maximum Gasteiger partial charge on any atom is 0.243 e. The fraction of sp³-hybridized carbons (Fsp3) is 0.391. The van der Waals surface area contributed by atoms with Crippen LogP contribution in [0.1, 0.15) is 37.3 Å². The molecule has 0 radical (unpaired) electrons. The van der Waals surface area contributed by atoms with Gasteiger partial charge >= 0.3 is 0 Å². The zero-order chi connectivity index (χ0) is 20.8. The van der Waals surface area contributed by atoms with Crippen LogP contribution in [0, 0.1) is 0 Å². The normalized spacial score (nSPS) is 14.6. The number of aryl methyl sites for hydroxylation is 1. The largest absolute Gasteiger partial charge is 0.493 e. The quantitative estimate of drug-likeness (QED) is 0.778. The topological polar surface area (TPSA) is 67.9 Å². The van der Waals surface area contributed by atoms with Crippen molar-refractivity contribution in [3.05, 3.63) is 53.6 Å². The molecule has 2 aromatic carbocycles. The summed E-state index contributed by atoms with van der Waals surface area (Å²) in [5.74, 6) is 1.10. The number of carbonyl (C=O) groups excluding carboxylic acids is 2. The van der Waals surface area contributed by atoms with E-state index in [1.165, 1.54) is 0 Å². The van der Waals surface area contributed by atoms with Crippen LogP contribution < -0.4 is 19.7 Å². The highest BCUT2D eigenvalue weighted by atomic mass is 16.5. The summed E-state index contributed by atoms with van der Waals surface area (Å²) in [6.07, 6.45) is 2.64. The Balaban J connectivity index is 1.78. The molecule has 0 bridgehead atoms. The van der Waals surface area contributed by atoms with Crippen LogP contribution in [0.2, 0.25) is 0 Å². The molecule has 0 spiro atoms. The molecule has 1 heterocycles. The molecule has 0 aliphatic carbocycles. The van der Waals surface area contributed by atoms with E-state index in [1.54, 1.807) is 19.1 Å². The molecule has 0 fully saturated rings. The highest BCUT2D eigenvalue weighted by Gasteiger charge is 2.32. The van der Waals surface area contributed by atoms with Crippen LogP contribution in [0.4, 0.5) is 5.69 Å². The van der Waals surface area contributed by atoms with Gasteiger partial charge in [0.15, 0.2) is 11.5 Å². The van der Waals surface area contributed by atoms with Gasteiger partial charge < -0.3 is 14.8 Å². The van der Waals surface area contributed by atoms with Crippen LogP contribution in [0.3, 0.4) is 0 Å². The third-order valence-corrected chi connectivity index (χ3v) is 5.27. The zero-order valence-electron chi connectivity index (χ0n) is 17.2. The third-order valence-electron chi connectivity index (χ3n) is 5.27. The molecule has 0 aromatic heterocycles. The highest BCUT2D eigenvalue weighted by Crippen LogP contribution is 2.30. The van der Waals surface area contributed by atoms with Gasteiger partial charge in [0.05, 0.1) is 14.2 Å². The summed E-state index contributed by atoms with van der Waals surface area (Å²) in [4.78, 5) is 27.5. The Bertz CT molecular complexity index is 881. The molecule has 0 unspecified atom stereocenters. The number of para-hydroxylation sites is 1. The SMILES string of the molecule is CC[C@H](C(=O)NCc1ccc(OC)c(OC)c1)N1C(=O)CCCc2ccccc21. The molecule has 0 saturated heterocycles. The van der Waals surface area contributed by atoms with E-state index >= 15 is 0 Å². The van der Waals surface area contributed by atoms with Crippen LogP contribution in [0.15, 0.2) is 42.5 Å². The van der Waals surface area contributed by atoms with Crippen LogP contribution in [0.25, 0.3) is 0 Å². The highest BCUT2D eigenvalue weighted by molar-refractivity contribution is 6.01. The maximum absolute atomic E-state index is 13.0. The van der Waals surface area contributed by atoms with Crippen molar-refractivity contribution in [2.75, 3.05) is 19.1 Å². The van der Waals surface area contributed by atoms with E-state index in [1.807, 2.05) is 49.4 Å². The molecule has 154 valence electrons. The fourth-order valence-corrected chi connectivity index (χ4v) is 3.77. The van der Waals surface area contributed by atoms with E-state index in [2.05, 4.69) is 5.32 Å². The molecule has 2 amide bonds. The number of carbonyl (C=O) groups is 2. The first kappa shape index (κ1) is 20.7. The lowest BCUT2D eigenvalue weighted by atomic mass is 10.1. The van der Waals surface area contributed by atoms with Crippen LogP contribution >= 0.6 is 0 Å². The van der Waals surface area contributed by atoms with Crippen LogP contribution in [0.5, 0.6) is 11.5 Å². The first-order chi connectivity index (χ1) is 14.1. The van der Waals surface area contributed by atoms with E-state index in [0.717, 1.165) is 29.7 Å². The molecular formula is C23H28N2O4. The van der Waals surface area contributed by atoms with Crippen molar-refractivity contribution in [1.82, 2.24) is 5.32 Å². The van der Waals surface area contributed by atoms with E-state index in [0.29, 0.717) is 30.9 Å². The molecule has 29 heavy (non-hydrogen) atoms. The Kier molecular flexibility index (Phi) is 6.75. The zero-order valence-corrected chi connectivity index (χ0v) is 17.2. The fourth-order valence-electron chi connectivity index (χ4n) is 3.77. The predicted octanol–water partition coefficient (Wildman–Crippen LogP) is 3.47. The van der Waals surface area contributed by atoms with Gasteiger partial charge in [-0.3, -0.25) is 14.5 Å². The van der Waals surface area contributed by atoms with Crippen LogP contribution in [-0.2, 0) is 22.6 Å². The minimum Gasteiger partial charge on any atom is -0.493 e. The first-order valence-electron chi connectivity index (χ1n) is 9.97. The van der Waals surface area contributed by atoms with Gasteiger partial charge in [0.1, 0.15) is 6.04 Å². The molecule has 6 nitrogen and oxygen atoms in total. The van der Waals surface area contributed by atoms with Gasteiger partial charge in [0, 0.05) is 18.7 Å². The smallest absolute Gasteiger partial charge is 0.243 e. The number of nitrogens with one attached hydrogen (secondary N) is 1. The predicted molar refractivity (Wildman–Crippen MR) is 112 cm³/mol. The van der Waals surface area contributed by atoms with E-state index < -0.39 is 6.04 Å². The summed E-state index contributed by atoms with van der Waals surface area (Å²) in [5.41, 5.74) is 2.86. The lowest BCUT2D eigenvalue weighted by Gasteiger charge is -2.30. The number of nitrogens with zero attached hydrogens (tertiary/aromatic N) is 1. The number of rotatable bonds is 7. The number of methoxy groups -OCH3 is 2. The number of ether oxygens (including phenoxy) is 2. The Hall–Kier alpha value is -3.02. The van der Waals surface area contributed by atoms with Crippen molar-refractivity contribution in [1.29, 1.82) is 0 Å². The molecule has 1 aliphatic rings. The third kappa shape index (κ3) is 4.53. The first-order valence-corrected chi connectivity index (χ1v) is 9.97. The van der Waals surface area contributed by atoms with Gasteiger partial charge in [-0.25, -0.2) is 0 Å². The van der Waals surface area contributed by atoms with Crippen molar-refractivity contribution in [3.8, 4) is 11.5 Å². The van der Waals surface area contributed by atoms with Gasteiger partial charge in [-0.15, -0.1) is 0 Å². The standard InChI is InChI=1S/C23H28N2O4/c1-4-18(25-19-10-6-5-8-17(19)9-7-11-22(25)26)23(27)24-15-16-12-13-20(28-2)21(14-16)29-3/h5-6,8,10,12-14,18H,4,7,9,11,15H2,1-3H3,(H,24,27)/t18-/m1/s1. The maximum atomic E-state index is 13.0. The average molecular weight is 396 g/mol. The summed E-state index contributed by atoms with van der Waals surface area (Å²) >= 11 is 0. The molecule has 0 saturated carbocycles. The summed E-state index contributed by atoms with van der Waals surface area (Å²) < 4.78 is 10.6. The number of hydrogen-bond acceptors (Lipinski definition) is 4. The molecule has 6 heteroatoms. The van der Waals surface area contributed by atoms with Crippen molar-refractivity contribution < 1.29 is 19.1 Å². The number of hydrogen-bond donors (Lipinski definition) is 1. The molecular weight excluding hydrogens is 368 g/mol. The molecule has 1 atom stereocenters. The second kappa shape index (κ2) is 9.45. The van der Waals surface area contributed by atoms with Crippen LogP contribution in [-0.4, -0.2) is 32.1 Å². The Morgan fingerprint density at radius 3 is 2.59 bits per heavy atom. The summed E-state index contributed by atoms with van der Waals surface area (Å²) in [5, 5.41) is 2.98. The van der Waals surface area contributed by atoms with E-state index in [4.69, 9.17) is 9.47 Å². The van der Waals surface area contributed by atoms with Gasteiger partial charge in [0.2, 0.25) is 11.8 Å².